The van der Waals surface area contributed by atoms with Gasteiger partial charge in [-0.3, -0.25) is 10.1 Å². The lowest BCUT2D eigenvalue weighted by atomic mass is 10.1. The third-order valence-electron chi connectivity index (χ3n) is 3.91. The Morgan fingerprint density at radius 3 is 2.52 bits per heavy atom. The lowest BCUT2D eigenvalue weighted by molar-refractivity contribution is -0.384. The van der Waals surface area contributed by atoms with E-state index in [1.165, 1.54) is 17.7 Å². The average molecular weight is 331 g/mol. The highest BCUT2D eigenvalue weighted by molar-refractivity contribution is 6.36. The quantitative estimate of drug-likeness (QED) is 0.579. The summed E-state index contributed by atoms with van der Waals surface area (Å²) in [5.74, 6) is 0. The van der Waals surface area contributed by atoms with Gasteiger partial charge in [-0.15, -0.1) is 0 Å². The summed E-state index contributed by atoms with van der Waals surface area (Å²) in [4.78, 5) is 10.5. The Morgan fingerprint density at radius 1 is 1.22 bits per heavy atom. The number of nitro benzene ring substituents is 1. The lowest BCUT2D eigenvalue weighted by Crippen LogP contribution is -2.04. The molecule has 0 atom stereocenters. The zero-order valence-electron chi connectivity index (χ0n) is 12.5. The van der Waals surface area contributed by atoms with Crippen molar-refractivity contribution < 1.29 is 10.0 Å². The molecule has 0 unspecified atom stereocenters. The van der Waals surface area contributed by atoms with Gasteiger partial charge >= 0.3 is 0 Å². The minimum absolute atomic E-state index is 0.0172. The fourth-order valence-corrected chi connectivity index (χ4v) is 2.99. The zero-order valence-corrected chi connectivity index (χ0v) is 13.2. The van der Waals surface area contributed by atoms with Gasteiger partial charge in [-0.1, -0.05) is 41.4 Å². The van der Waals surface area contributed by atoms with Crippen LogP contribution in [0.4, 0.5) is 5.69 Å². The van der Waals surface area contributed by atoms with Crippen LogP contribution in [0.2, 0.25) is 5.02 Å². The Bertz CT molecular complexity index is 885. The first-order valence-electron chi connectivity index (χ1n) is 7.12. The summed E-state index contributed by atoms with van der Waals surface area (Å²) in [6, 6.07) is 12.6. The zero-order chi connectivity index (χ0) is 16.6. The molecule has 0 amide bonds. The van der Waals surface area contributed by atoms with Gasteiger partial charge in [0.05, 0.1) is 27.8 Å². The monoisotopic (exact) mass is 330 g/mol. The molecule has 0 fully saturated rings. The SMILES string of the molecule is Cc1ccc(Cn2c(CO)c(Cl)c3cc([N+](=O)[O-])ccc32)cc1. The molecule has 0 radical (unpaired) electrons. The fraction of sp³-hybridized carbons (Fsp3) is 0.176. The molecule has 0 spiro atoms. The van der Waals surface area contributed by atoms with Gasteiger partial charge in [0.25, 0.3) is 5.69 Å². The van der Waals surface area contributed by atoms with Crippen LogP contribution in [-0.4, -0.2) is 14.6 Å². The molecule has 0 aliphatic heterocycles. The number of aliphatic hydroxyl groups excluding tert-OH is 1. The van der Waals surface area contributed by atoms with Crippen molar-refractivity contribution in [2.45, 2.75) is 20.1 Å². The Morgan fingerprint density at radius 2 is 1.91 bits per heavy atom. The number of non-ortho nitro benzene ring substituents is 1. The molecule has 1 heterocycles. The summed E-state index contributed by atoms with van der Waals surface area (Å²) in [5.41, 5.74) is 3.55. The van der Waals surface area contributed by atoms with Crippen molar-refractivity contribution in [3.05, 3.63) is 74.4 Å². The summed E-state index contributed by atoms with van der Waals surface area (Å²) < 4.78 is 1.89. The normalized spacial score (nSPS) is 11.1. The molecule has 118 valence electrons. The van der Waals surface area contributed by atoms with Gasteiger partial charge < -0.3 is 9.67 Å². The number of benzene rings is 2. The Labute approximate surface area is 137 Å². The van der Waals surface area contributed by atoms with Crippen LogP contribution in [0.1, 0.15) is 16.8 Å². The highest BCUT2D eigenvalue weighted by Crippen LogP contribution is 2.34. The van der Waals surface area contributed by atoms with E-state index < -0.39 is 4.92 Å². The molecule has 5 nitrogen and oxygen atoms in total. The fourth-order valence-electron chi connectivity index (χ4n) is 2.68. The number of nitro groups is 1. The molecule has 0 aliphatic rings. The van der Waals surface area contributed by atoms with Crippen LogP contribution in [0.15, 0.2) is 42.5 Å². The van der Waals surface area contributed by atoms with E-state index in [0.717, 1.165) is 11.1 Å². The highest BCUT2D eigenvalue weighted by atomic mass is 35.5. The van der Waals surface area contributed by atoms with Crippen molar-refractivity contribution in [2.24, 2.45) is 0 Å². The van der Waals surface area contributed by atoms with Crippen molar-refractivity contribution in [2.75, 3.05) is 0 Å². The van der Waals surface area contributed by atoms with E-state index >= 15 is 0 Å². The van der Waals surface area contributed by atoms with Gasteiger partial charge in [0.1, 0.15) is 0 Å². The molecule has 0 aliphatic carbocycles. The second-order valence-electron chi connectivity index (χ2n) is 5.45. The number of hydrogen-bond acceptors (Lipinski definition) is 3. The molecule has 23 heavy (non-hydrogen) atoms. The molecular weight excluding hydrogens is 316 g/mol. The van der Waals surface area contributed by atoms with Crippen LogP contribution < -0.4 is 0 Å². The van der Waals surface area contributed by atoms with Crippen LogP contribution in [-0.2, 0) is 13.2 Å². The van der Waals surface area contributed by atoms with Crippen LogP contribution >= 0.6 is 11.6 Å². The van der Waals surface area contributed by atoms with Crippen molar-refractivity contribution >= 4 is 28.2 Å². The third kappa shape index (κ3) is 2.81. The first-order valence-corrected chi connectivity index (χ1v) is 7.50. The highest BCUT2D eigenvalue weighted by Gasteiger charge is 2.18. The van der Waals surface area contributed by atoms with Crippen molar-refractivity contribution in [3.8, 4) is 0 Å². The van der Waals surface area contributed by atoms with Gasteiger partial charge in [0.15, 0.2) is 0 Å². The Hall–Kier alpha value is -2.37. The summed E-state index contributed by atoms with van der Waals surface area (Å²) in [7, 11) is 0. The molecule has 2 aromatic carbocycles. The number of aliphatic hydroxyl groups is 1. The summed E-state index contributed by atoms with van der Waals surface area (Å²) in [6.07, 6.45) is 0. The number of aryl methyl sites for hydroxylation is 1. The molecule has 1 aromatic heterocycles. The molecule has 3 rings (SSSR count). The summed E-state index contributed by atoms with van der Waals surface area (Å²) in [6.45, 7) is 2.33. The topological polar surface area (TPSA) is 68.3 Å². The van der Waals surface area contributed by atoms with E-state index in [-0.39, 0.29) is 12.3 Å². The second-order valence-corrected chi connectivity index (χ2v) is 5.83. The Kier molecular flexibility index (Phi) is 4.07. The maximum absolute atomic E-state index is 10.9. The van der Waals surface area contributed by atoms with Gasteiger partial charge in [0.2, 0.25) is 0 Å². The standard InChI is InChI=1S/C17H15ClN2O3/c1-11-2-4-12(5-3-11)9-19-15-7-6-13(20(22)23)8-14(15)17(18)16(19)10-21/h2-8,21H,9-10H2,1H3. The van der Waals surface area contributed by atoms with Crippen LogP contribution in [0, 0.1) is 17.0 Å². The van der Waals surface area contributed by atoms with Crippen LogP contribution in [0.3, 0.4) is 0 Å². The van der Waals surface area contributed by atoms with Crippen LogP contribution in [0.5, 0.6) is 0 Å². The molecule has 1 N–H and O–H groups in total. The lowest BCUT2D eigenvalue weighted by Gasteiger charge is -2.10. The molecule has 0 saturated carbocycles. The first-order chi connectivity index (χ1) is 11.0. The van der Waals surface area contributed by atoms with E-state index in [0.29, 0.717) is 22.6 Å². The predicted molar refractivity (Wildman–Crippen MR) is 89.8 cm³/mol. The van der Waals surface area contributed by atoms with E-state index in [1.807, 2.05) is 35.8 Å². The minimum Gasteiger partial charge on any atom is -0.390 e. The number of fused-ring (bicyclic) bond motifs is 1. The molecule has 0 bridgehead atoms. The van der Waals surface area contributed by atoms with Crippen molar-refractivity contribution in [1.82, 2.24) is 4.57 Å². The van der Waals surface area contributed by atoms with E-state index in [9.17, 15) is 15.2 Å². The van der Waals surface area contributed by atoms with Crippen molar-refractivity contribution in [3.63, 3.8) is 0 Å². The average Bonchev–Trinajstić information content (AvgIpc) is 2.81. The van der Waals surface area contributed by atoms with Gasteiger partial charge in [-0.05, 0) is 18.6 Å². The number of nitrogens with zero attached hydrogens (tertiary/aromatic N) is 2. The maximum Gasteiger partial charge on any atom is 0.270 e. The molecule has 6 heteroatoms. The second kappa shape index (κ2) is 6.02. The number of aromatic nitrogens is 1. The number of halogens is 1. The van der Waals surface area contributed by atoms with E-state index in [4.69, 9.17) is 11.6 Å². The minimum atomic E-state index is -0.453. The number of hydrogen-bond donors (Lipinski definition) is 1. The largest absolute Gasteiger partial charge is 0.390 e. The number of rotatable bonds is 4. The summed E-state index contributed by atoms with van der Waals surface area (Å²) >= 11 is 6.33. The Balaban J connectivity index is 2.15. The van der Waals surface area contributed by atoms with Gasteiger partial charge in [-0.2, -0.15) is 0 Å². The molecule has 3 aromatic rings. The molecular formula is C17H15ClN2O3. The summed E-state index contributed by atoms with van der Waals surface area (Å²) in [5, 5.41) is 21.5. The predicted octanol–water partition coefficient (Wildman–Crippen LogP) is 4.05. The van der Waals surface area contributed by atoms with Crippen LogP contribution in [0.25, 0.3) is 10.9 Å². The first kappa shape index (κ1) is 15.5. The van der Waals surface area contributed by atoms with E-state index in [1.54, 1.807) is 6.07 Å². The third-order valence-corrected chi connectivity index (χ3v) is 4.33. The van der Waals surface area contributed by atoms with Gasteiger partial charge in [-0.25, -0.2) is 0 Å². The van der Waals surface area contributed by atoms with E-state index in [2.05, 4.69) is 0 Å². The molecule has 0 saturated heterocycles. The maximum atomic E-state index is 10.9. The van der Waals surface area contributed by atoms with Crippen molar-refractivity contribution in [1.29, 1.82) is 0 Å². The smallest absolute Gasteiger partial charge is 0.270 e. The van der Waals surface area contributed by atoms with Gasteiger partial charge in [0, 0.05) is 24.1 Å².